The smallest absolute Gasteiger partial charge is 0.0912 e. The Morgan fingerprint density at radius 3 is 2.54 bits per heavy atom. The van der Waals surface area contributed by atoms with Crippen molar-refractivity contribution < 1.29 is 4.39 Å². The van der Waals surface area contributed by atoms with E-state index in [9.17, 15) is 4.39 Å². The molecule has 0 aliphatic heterocycles. The third-order valence-corrected chi connectivity index (χ3v) is 4.84. The molecule has 6 heteroatoms. The Balaban J connectivity index is 0.00000144. The van der Waals surface area contributed by atoms with Gasteiger partial charge in [0.2, 0.25) is 0 Å². The van der Waals surface area contributed by atoms with Crippen LogP contribution in [0.4, 0.5) is 4.39 Å². The van der Waals surface area contributed by atoms with E-state index in [1.165, 1.54) is 0 Å². The van der Waals surface area contributed by atoms with Crippen LogP contribution in [0.5, 0.6) is 0 Å². The molecule has 0 aliphatic carbocycles. The quantitative estimate of drug-likeness (QED) is 0.871. The monoisotopic (exact) mass is 351 g/mol. The lowest BCUT2D eigenvalue weighted by atomic mass is 10.2. The van der Waals surface area contributed by atoms with E-state index in [4.69, 9.17) is 5.73 Å². The number of nitrogens with two attached hydrogens (primary N) is 1. The average Bonchev–Trinajstić information content (AvgIpc) is 2.33. The molecule has 1 aromatic rings. The Kier molecular flexibility index (Phi) is 6.76. The van der Waals surface area contributed by atoms with Crippen molar-refractivity contribution in [3.8, 4) is 0 Å². The number of alkyl halides is 1. The summed E-state index contributed by atoms with van der Waals surface area (Å²) in [5.74, 6) is 0. The molecule has 0 saturated carbocycles. The lowest BCUT2D eigenvalue weighted by Crippen LogP contribution is -2.08. The number of hydrogen-bond acceptors (Lipinski definition) is 2. The molecular formula is C7H9Br2ClFNS. The summed E-state index contributed by atoms with van der Waals surface area (Å²) in [5, 5.41) is 0. The molecule has 0 fully saturated rings. The molecule has 13 heavy (non-hydrogen) atoms. The van der Waals surface area contributed by atoms with Gasteiger partial charge in [0.15, 0.2) is 0 Å². The van der Waals surface area contributed by atoms with Crippen LogP contribution in [0, 0.1) is 0 Å². The van der Waals surface area contributed by atoms with Crippen molar-refractivity contribution in [1.29, 1.82) is 0 Å². The summed E-state index contributed by atoms with van der Waals surface area (Å²) in [6, 6.07) is 1.75. The van der Waals surface area contributed by atoms with E-state index in [0.717, 1.165) is 13.1 Å². The van der Waals surface area contributed by atoms with Crippen molar-refractivity contribution in [2.45, 2.75) is 12.5 Å². The van der Waals surface area contributed by atoms with Crippen molar-refractivity contribution in [3.63, 3.8) is 0 Å². The van der Waals surface area contributed by atoms with Gasteiger partial charge in [-0.05, 0) is 44.3 Å². The number of thiophene rings is 1. The second-order valence-corrected chi connectivity index (χ2v) is 5.61. The lowest BCUT2D eigenvalue weighted by Gasteiger charge is -2.04. The topological polar surface area (TPSA) is 26.0 Å². The zero-order valence-corrected chi connectivity index (χ0v) is 11.4. The number of halogens is 4. The van der Waals surface area contributed by atoms with Gasteiger partial charge >= 0.3 is 0 Å². The Labute approximate surface area is 104 Å². The van der Waals surface area contributed by atoms with E-state index in [-0.39, 0.29) is 25.1 Å². The van der Waals surface area contributed by atoms with Crippen LogP contribution in [-0.4, -0.2) is 6.67 Å². The van der Waals surface area contributed by atoms with E-state index < -0.39 is 0 Å². The first kappa shape index (κ1) is 13.8. The van der Waals surface area contributed by atoms with Crippen LogP contribution >= 0.6 is 55.6 Å². The van der Waals surface area contributed by atoms with Crippen molar-refractivity contribution in [2.75, 3.05) is 6.67 Å². The second-order valence-electron chi connectivity index (χ2n) is 2.35. The minimum absolute atomic E-state index is 0. The third kappa shape index (κ3) is 3.83. The molecule has 0 amide bonds. The molecule has 0 spiro atoms. The summed E-state index contributed by atoms with van der Waals surface area (Å²) < 4.78 is 13.9. The standard InChI is InChI=1S/C7H8Br2FNS.ClH/c8-4-3-6(12-7(4)9)5(11)1-2-10;/h3,5H,1-2,11H2;1H/t5-;/m0./s1. The SMILES string of the molecule is Cl.N[C@@H](CCF)c1cc(Br)c(Br)s1. The minimum atomic E-state index is -0.367. The van der Waals surface area contributed by atoms with Crippen LogP contribution in [0.15, 0.2) is 14.3 Å². The highest BCUT2D eigenvalue weighted by Gasteiger charge is 2.10. The van der Waals surface area contributed by atoms with Crippen molar-refractivity contribution in [1.82, 2.24) is 0 Å². The van der Waals surface area contributed by atoms with Gasteiger partial charge in [0, 0.05) is 15.4 Å². The molecule has 1 heterocycles. The largest absolute Gasteiger partial charge is 0.323 e. The molecule has 0 aliphatic rings. The van der Waals surface area contributed by atoms with E-state index in [1.807, 2.05) is 6.07 Å². The molecule has 0 unspecified atom stereocenters. The van der Waals surface area contributed by atoms with E-state index in [2.05, 4.69) is 31.9 Å². The second kappa shape index (κ2) is 6.35. The predicted molar refractivity (Wildman–Crippen MR) is 64.5 cm³/mol. The first-order valence-electron chi connectivity index (χ1n) is 3.41. The Bertz CT molecular complexity index is 249. The van der Waals surface area contributed by atoms with Gasteiger partial charge in [-0.15, -0.1) is 23.7 Å². The zero-order chi connectivity index (χ0) is 9.14. The Morgan fingerprint density at radius 1 is 1.54 bits per heavy atom. The van der Waals surface area contributed by atoms with Gasteiger partial charge in [0.05, 0.1) is 10.5 Å². The summed E-state index contributed by atoms with van der Waals surface area (Å²) in [6.45, 7) is -0.367. The molecule has 2 N–H and O–H groups in total. The molecule has 0 bridgehead atoms. The van der Waals surface area contributed by atoms with Gasteiger partial charge in [-0.2, -0.15) is 0 Å². The summed E-state index contributed by atoms with van der Waals surface area (Å²) in [5.41, 5.74) is 5.72. The average molecular weight is 353 g/mol. The van der Waals surface area contributed by atoms with Gasteiger partial charge in [-0.3, -0.25) is 4.39 Å². The fourth-order valence-corrected chi connectivity index (χ4v) is 2.93. The summed E-state index contributed by atoms with van der Waals surface area (Å²) in [7, 11) is 0. The van der Waals surface area contributed by atoms with Crippen molar-refractivity contribution in [2.24, 2.45) is 5.73 Å². The maximum Gasteiger partial charge on any atom is 0.0912 e. The van der Waals surface area contributed by atoms with Gasteiger partial charge in [0.25, 0.3) is 0 Å². The molecule has 1 nitrogen and oxygen atoms in total. The molecule has 0 aromatic carbocycles. The normalized spacial score (nSPS) is 12.3. The molecule has 1 aromatic heterocycles. The van der Waals surface area contributed by atoms with Gasteiger partial charge in [-0.25, -0.2) is 0 Å². The molecule has 1 rings (SSSR count). The molecule has 0 radical (unpaired) electrons. The van der Waals surface area contributed by atoms with Crippen molar-refractivity contribution in [3.05, 3.63) is 19.2 Å². The van der Waals surface area contributed by atoms with Crippen LogP contribution in [-0.2, 0) is 0 Å². The molecule has 1 atom stereocenters. The zero-order valence-electron chi connectivity index (χ0n) is 6.60. The molecular weight excluding hydrogens is 344 g/mol. The summed E-state index contributed by atoms with van der Waals surface area (Å²) >= 11 is 8.25. The fraction of sp³-hybridized carbons (Fsp3) is 0.429. The van der Waals surface area contributed by atoms with E-state index in [1.54, 1.807) is 11.3 Å². The highest BCUT2D eigenvalue weighted by Crippen LogP contribution is 2.35. The number of hydrogen-bond donors (Lipinski definition) is 1. The third-order valence-electron chi connectivity index (χ3n) is 1.45. The highest BCUT2D eigenvalue weighted by molar-refractivity contribution is 9.13. The van der Waals surface area contributed by atoms with Crippen LogP contribution in [0.1, 0.15) is 17.3 Å². The summed E-state index contributed by atoms with van der Waals surface area (Å²) in [6.07, 6.45) is 0.388. The van der Waals surface area contributed by atoms with Crippen molar-refractivity contribution >= 4 is 55.6 Å². The predicted octanol–water partition coefficient (Wildman–Crippen LogP) is 4.05. The van der Waals surface area contributed by atoms with Crippen LogP contribution in [0.2, 0.25) is 0 Å². The maximum atomic E-state index is 11.9. The van der Waals surface area contributed by atoms with Crippen LogP contribution < -0.4 is 5.73 Å². The van der Waals surface area contributed by atoms with E-state index >= 15 is 0 Å². The Morgan fingerprint density at radius 2 is 2.15 bits per heavy atom. The van der Waals surface area contributed by atoms with Gasteiger partial charge < -0.3 is 5.73 Å². The number of rotatable bonds is 3. The summed E-state index contributed by atoms with van der Waals surface area (Å²) in [4.78, 5) is 1.01. The van der Waals surface area contributed by atoms with Crippen LogP contribution in [0.3, 0.4) is 0 Å². The van der Waals surface area contributed by atoms with Gasteiger partial charge in [0.1, 0.15) is 0 Å². The Hall–Kier alpha value is 0.840. The lowest BCUT2D eigenvalue weighted by molar-refractivity contribution is 0.444. The molecule has 0 saturated heterocycles. The van der Waals surface area contributed by atoms with Crippen LogP contribution in [0.25, 0.3) is 0 Å². The maximum absolute atomic E-state index is 11.9. The minimum Gasteiger partial charge on any atom is -0.323 e. The fourth-order valence-electron chi connectivity index (χ4n) is 0.806. The van der Waals surface area contributed by atoms with E-state index in [0.29, 0.717) is 6.42 Å². The first-order valence-corrected chi connectivity index (χ1v) is 5.81. The van der Waals surface area contributed by atoms with Gasteiger partial charge in [-0.1, -0.05) is 0 Å². The first-order chi connectivity index (χ1) is 5.65. The molecule has 76 valence electrons. The highest BCUT2D eigenvalue weighted by atomic mass is 79.9.